The molecule has 6 nitrogen and oxygen atoms in total. The molecule has 0 spiro atoms. The molecule has 1 unspecified atom stereocenters. The second-order valence-corrected chi connectivity index (χ2v) is 4.34. The predicted molar refractivity (Wildman–Crippen MR) is 67.3 cm³/mol. The standard InChI is InChI=1S/C12H14F3N5O/c1-7(16-3-4-21-2)12-17-18-19-20(12)11-9(14)5-8(13)6-10(11)15/h5-7,16H,3-4H2,1-2H3. The minimum Gasteiger partial charge on any atom is -0.383 e. The second-order valence-electron chi connectivity index (χ2n) is 4.34. The summed E-state index contributed by atoms with van der Waals surface area (Å²) in [6.07, 6.45) is 0. The Morgan fingerprint density at radius 1 is 1.29 bits per heavy atom. The van der Waals surface area contributed by atoms with Crippen molar-refractivity contribution in [3.05, 3.63) is 35.4 Å². The quantitative estimate of drug-likeness (QED) is 0.817. The van der Waals surface area contributed by atoms with Crippen LogP contribution in [0, 0.1) is 17.5 Å². The maximum absolute atomic E-state index is 13.8. The second kappa shape index (κ2) is 6.64. The zero-order valence-electron chi connectivity index (χ0n) is 11.5. The molecule has 0 saturated heterocycles. The summed E-state index contributed by atoms with van der Waals surface area (Å²) in [5, 5.41) is 13.8. The fourth-order valence-electron chi connectivity index (χ4n) is 1.83. The molecule has 114 valence electrons. The number of hydrogen-bond acceptors (Lipinski definition) is 5. The zero-order valence-corrected chi connectivity index (χ0v) is 11.5. The first-order chi connectivity index (χ1) is 10.0. The number of ether oxygens (including phenoxy) is 1. The Balaban J connectivity index is 2.32. The van der Waals surface area contributed by atoms with Gasteiger partial charge in [-0.1, -0.05) is 0 Å². The van der Waals surface area contributed by atoms with E-state index in [1.807, 2.05) is 0 Å². The molecular formula is C12H14F3N5O. The van der Waals surface area contributed by atoms with Crippen molar-refractivity contribution >= 4 is 0 Å². The van der Waals surface area contributed by atoms with Crippen molar-refractivity contribution in [2.45, 2.75) is 13.0 Å². The summed E-state index contributed by atoms with van der Waals surface area (Å²) < 4.78 is 46.3. The number of rotatable bonds is 6. The lowest BCUT2D eigenvalue weighted by Gasteiger charge is -2.14. The summed E-state index contributed by atoms with van der Waals surface area (Å²) in [7, 11) is 1.56. The highest BCUT2D eigenvalue weighted by Gasteiger charge is 2.21. The van der Waals surface area contributed by atoms with E-state index < -0.39 is 23.1 Å². The average molecular weight is 301 g/mol. The van der Waals surface area contributed by atoms with Crippen LogP contribution >= 0.6 is 0 Å². The van der Waals surface area contributed by atoms with E-state index in [1.165, 1.54) is 0 Å². The fraction of sp³-hybridized carbons (Fsp3) is 0.417. The Hall–Kier alpha value is -2.00. The predicted octanol–water partition coefficient (Wildman–Crippen LogP) is 1.38. The van der Waals surface area contributed by atoms with E-state index in [0.717, 1.165) is 4.68 Å². The largest absolute Gasteiger partial charge is 0.383 e. The highest BCUT2D eigenvalue weighted by atomic mass is 19.1. The van der Waals surface area contributed by atoms with Crippen LogP contribution in [0.4, 0.5) is 13.2 Å². The molecule has 1 N–H and O–H groups in total. The highest BCUT2D eigenvalue weighted by Crippen LogP contribution is 2.21. The first-order valence-corrected chi connectivity index (χ1v) is 6.20. The lowest BCUT2D eigenvalue weighted by Crippen LogP contribution is -2.26. The van der Waals surface area contributed by atoms with Gasteiger partial charge in [-0.05, 0) is 17.4 Å². The van der Waals surface area contributed by atoms with E-state index in [9.17, 15) is 13.2 Å². The maximum Gasteiger partial charge on any atom is 0.173 e. The molecule has 0 saturated carbocycles. The van der Waals surface area contributed by atoms with Crippen LogP contribution < -0.4 is 5.32 Å². The van der Waals surface area contributed by atoms with Crippen LogP contribution in [0.3, 0.4) is 0 Å². The molecule has 0 aliphatic carbocycles. The van der Waals surface area contributed by atoms with Crippen molar-refractivity contribution < 1.29 is 17.9 Å². The fourth-order valence-corrected chi connectivity index (χ4v) is 1.83. The molecule has 0 bridgehead atoms. The van der Waals surface area contributed by atoms with E-state index >= 15 is 0 Å². The molecule has 1 atom stereocenters. The molecule has 0 radical (unpaired) electrons. The minimum absolute atomic E-state index is 0.204. The molecule has 21 heavy (non-hydrogen) atoms. The Kier molecular flexibility index (Phi) is 4.86. The van der Waals surface area contributed by atoms with Crippen LogP contribution in [0.15, 0.2) is 12.1 Å². The van der Waals surface area contributed by atoms with Gasteiger partial charge in [-0.3, -0.25) is 0 Å². The van der Waals surface area contributed by atoms with Gasteiger partial charge in [0, 0.05) is 25.8 Å². The van der Waals surface area contributed by atoms with Gasteiger partial charge >= 0.3 is 0 Å². The van der Waals surface area contributed by atoms with E-state index in [0.29, 0.717) is 25.3 Å². The van der Waals surface area contributed by atoms with Crippen molar-refractivity contribution in [1.29, 1.82) is 0 Å². The van der Waals surface area contributed by atoms with Crippen molar-refractivity contribution in [2.75, 3.05) is 20.3 Å². The summed E-state index contributed by atoms with van der Waals surface area (Å²) in [4.78, 5) is 0. The third-order valence-electron chi connectivity index (χ3n) is 2.83. The monoisotopic (exact) mass is 301 g/mol. The SMILES string of the molecule is COCCNC(C)c1nnnn1-c1c(F)cc(F)cc1F. The number of tetrazole rings is 1. The molecule has 2 rings (SSSR count). The van der Waals surface area contributed by atoms with Crippen molar-refractivity contribution in [3.8, 4) is 5.69 Å². The zero-order chi connectivity index (χ0) is 15.4. The van der Waals surface area contributed by atoms with Gasteiger partial charge in [0.05, 0.1) is 12.6 Å². The van der Waals surface area contributed by atoms with Crippen LogP contribution in [0.25, 0.3) is 5.69 Å². The highest BCUT2D eigenvalue weighted by molar-refractivity contribution is 5.35. The number of nitrogens with zero attached hydrogens (tertiary/aromatic N) is 4. The van der Waals surface area contributed by atoms with Gasteiger partial charge in [-0.25, -0.2) is 13.2 Å². The van der Waals surface area contributed by atoms with Crippen LogP contribution in [-0.2, 0) is 4.74 Å². The molecule has 0 amide bonds. The van der Waals surface area contributed by atoms with E-state index in [1.54, 1.807) is 14.0 Å². The number of methoxy groups -OCH3 is 1. The molecule has 9 heteroatoms. The Morgan fingerprint density at radius 3 is 2.57 bits per heavy atom. The Labute approximate surface area is 118 Å². The lowest BCUT2D eigenvalue weighted by atomic mass is 10.2. The van der Waals surface area contributed by atoms with Gasteiger partial charge in [-0.2, -0.15) is 4.68 Å². The maximum atomic E-state index is 13.8. The number of halogens is 3. The molecular weight excluding hydrogens is 287 g/mol. The Bertz CT molecular complexity index is 596. The van der Waals surface area contributed by atoms with Crippen LogP contribution in [0.5, 0.6) is 0 Å². The smallest absolute Gasteiger partial charge is 0.173 e. The summed E-state index contributed by atoms with van der Waals surface area (Å²) in [6, 6.07) is 0.777. The molecule has 0 aliphatic heterocycles. The number of hydrogen-bond donors (Lipinski definition) is 1. The molecule has 1 aromatic carbocycles. The van der Waals surface area contributed by atoms with E-state index in [2.05, 4.69) is 20.8 Å². The number of aromatic nitrogens is 4. The van der Waals surface area contributed by atoms with Crippen LogP contribution in [0.1, 0.15) is 18.8 Å². The first kappa shape index (κ1) is 15.4. The molecule has 0 fully saturated rings. The molecule has 2 aromatic rings. The third kappa shape index (κ3) is 3.37. The van der Waals surface area contributed by atoms with E-state index in [4.69, 9.17) is 4.74 Å². The average Bonchev–Trinajstić information content (AvgIpc) is 2.87. The summed E-state index contributed by atoms with van der Waals surface area (Å²) in [6.45, 7) is 2.71. The van der Waals surface area contributed by atoms with Crippen molar-refractivity contribution in [2.24, 2.45) is 0 Å². The van der Waals surface area contributed by atoms with Crippen LogP contribution in [-0.4, -0.2) is 40.5 Å². The first-order valence-electron chi connectivity index (χ1n) is 6.20. The summed E-state index contributed by atoms with van der Waals surface area (Å²) >= 11 is 0. The van der Waals surface area contributed by atoms with Crippen LogP contribution in [0.2, 0.25) is 0 Å². The van der Waals surface area contributed by atoms with Crippen molar-refractivity contribution in [1.82, 2.24) is 25.5 Å². The topological polar surface area (TPSA) is 64.9 Å². The minimum atomic E-state index is -1.08. The van der Waals surface area contributed by atoms with E-state index in [-0.39, 0.29) is 11.9 Å². The van der Waals surface area contributed by atoms with Gasteiger partial charge in [0.1, 0.15) is 11.5 Å². The molecule has 1 aromatic heterocycles. The van der Waals surface area contributed by atoms with Crippen molar-refractivity contribution in [3.63, 3.8) is 0 Å². The number of benzene rings is 1. The van der Waals surface area contributed by atoms with Gasteiger partial charge in [-0.15, -0.1) is 5.10 Å². The molecule has 0 aliphatic rings. The molecule has 1 heterocycles. The third-order valence-corrected chi connectivity index (χ3v) is 2.83. The summed E-state index contributed by atoms with van der Waals surface area (Å²) in [5.41, 5.74) is -0.517. The summed E-state index contributed by atoms with van der Waals surface area (Å²) in [5.74, 6) is -2.96. The van der Waals surface area contributed by atoms with Gasteiger partial charge in [0.25, 0.3) is 0 Å². The lowest BCUT2D eigenvalue weighted by molar-refractivity contribution is 0.196. The van der Waals surface area contributed by atoms with Gasteiger partial charge in [0.2, 0.25) is 0 Å². The van der Waals surface area contributed by atoms with Gasteiger partial charge in [0.15, 0.2) is 17.5 Å². The normalized spacial score (nSPS) is 12.6. The van der Waals surface area contributed by atoms with Gasteiger partial charge < -0.3 is 10.1 Å². The number of nitrogens with one attached hydrogen (secondary N) is 1. The Morgan fingerprint density at radius 2 is 1.95 bits per heavy atom.